The molecule has 0 amide bonds. The normalized spacial score (nSPS) is 11.4. The lowest BCUT2D eigenvalue weighted by Crippen LogP contribution is -2.00. The highest BCUT2D eigenvalue weighted by molar-refractivity contribution is 9.10. The number of nitrogens with zero attached hydrogens (tertiary/aromatic N) is 1. The van der Waals surface area contributed by atoms with Crippen LogP contribution in [-0.4, -0.2) is 15.6 Å². The minimum atomic E-state index is -0.828. The number of rotatable bonds is 4. The van der Waals surface area contributed by atoms with Crippen LogP contribution in [0.25, 0.3) is 21.0 Å². The molecule has 0 aliphatic rings. The Labute approximate surface area is 161 Å². The highest BCUT2D eigenvalue weighted by atomic mass is 79.9. The third-order valence-electron chi connectivity index (χ3n) is 4.23. The van der Waals surface area contributed by atoms with Crippen molar-refractivity contribution in [2.75, 3.05) is 0 Å². The molecule has 3 nitrogen and oxygen atoms in total. The second-order valence-corrected chi connectivity index (χ2v) is 8.12. The number of thiophene rings is 1. The fourth-order valence-corrected chi connectivity index (χ4v) is 4.86. The highest BCUT2D eigenvalue weighted by Crippen LogP contribution is 2.34. The summed E-state index contributed by atoms with van der Waals surface area (Å²) < 4.78 is 4.23. The third-order valence-corrected chi connectivity index (χ3v) is 6.04. The molecule has 0 bridgehead atoms. The van der Waals surface area contributed by atoms with Crippen LogP contribution in [0.1, 0.15) is 11.1 Å². The molecule has 4 aromatic rings. The van der Waals surface area contributed by atoms with Crippen molar-refractivity contribution in [3.05, 3.63) is 68.6 Å². The second-order valence-electron chi connectivity index (χ2n) is 5.89. The van der Waals surface area contributed by atoms with Crippen molar-refractivity contribution in [3.8, 4) is 0 Å². The Kier molecular flexibility index (Phi) is 4.31. The summed E-state index contributed by atoms with van der Waals surface area (Å²) in [5, 5.41) is 14.1. The maximum absolute atomic E-state index is 11.2. The van der Waals surface area contributed by atoms with Gasteiger partial charge >= 0.3 is 5.97 Å². The van der Waals surface area contributed by atoms with E-state index < -0.39 is 5.97 Å². The molecule has 0 aliphatic heterocycles. The van der Waals surface area contributed by atoms with E-state index >= 15 is 0 Å². The van der Waals surface area contributed by atoms with Crippen molar-refractivity contribution in [3.63, 3.8) is 0 Å². The number of fused-ring (bicyclic) bond motifs is 2. The predicted molar refractivity (Wildman–Crippen MR) is 107 cm³/mol. The van der Waals surface area contributed by atoms with Crippen LogP contribution in [0.2, 0.25) is 5.02 Å². The van der Waals surface area contributed by atoms with Gasteiger partial charge in [0.25, 0.3) is 0 Å². The van der Waals surface area contributed by atoms with Crippen LogP contribution in [0, 0.1) is 0 Å². The quantitative estimate of drug-likeness (QED) is 0.431. The van der Waals surface area contributed by atoms with Crippen LogP contribution in [0.4, 0.5) is 0 Å². The fourth-order valence-electron chi connectivity index (χ4n) is 3.18. The van der Waals surface area contributed by atoms with E-state index in [1.807, 2.05) is 36.5 Å². The summed E-state index contributed by atoms with van der Waals surface area (Å²) in [5.74, 6) is -0.828. The zero-order valence-electron chi connectivity index (χ0n) is 13.0. The summed E-state index contributed by atoms with van der Waals surface area (Å²) in [4.78, 5) is 11.2. The van der Waals surface area contributed by atoms with Crippen molar-refractivity contribution >= 4 is 65.8 Å². The Hall–Kier alpha value is -1.82. The molecule has 0 unspecified atom stereocenters. The lowest BCUT2D eigenvalue weighted by molar-refractivity contribution is -0.136. The number of hydrogen-bond acceptors (Lipinski definition) is 2. The van der Waals surface area contributed by atoms with Gasteiger partial charge in [-0.2, -0.15) is 0 Å². The van der Waals surface area contributed by atoms with E-state index in [4.69, 9.17) is 11.6 Å². The van der Waals surface area contributed by atoms with Gasteiger partial charge in [0.1, 0.15) is 0 Å². The summed E-state index contributed by atoms with van der Waals surface area (Å²) in [7, 11) is 0. The number of carbonyl (C=O) groups is 1. The molecule has 0 radical (unpaired) electrons. The van der Waals surface area contributed by atoms with Crippen molar-refractivity contribution in [1.82, 2.24) is 4.57 Å². The van der Waals surface area contributed by atoms with Crippen molar-refractivity contribution in [2.24, 2.45) is 0 Å². The zero-order chi connectivity index (χ0) is 17.6. The summed E-state index contributed by atoms with van der Waals surface area (Å²) in [5.41, 5.74) is 2.97. The maximum atomic E-state index is 11.2. The molecule has 126 valence electrons. The summed E-state index contributed by atoms with van der Waals surface area (Å²) in [6.07, 6.45) is 1.95. The van der Waals surface area contributed by atoms with Gasteiger partial charge in [-0.05, 0) is 40.8 Å². The van der Waals surface area contributed by atoms with Crippen molar-refractivity contribution in [1.29, 1.82) is 0 Å². The first-order valence-corrected chi connectivity index (χ1v) is 9.71. The van der Waals surface area contributed by atoms with Crippen molar-refractivity contribution in [2.45, 2.75) is 13.0 Å². The van der Waals surface area contributed by atoms with E-state index in [1.165, 1.54) is 0 Å². The van der Waals surface area contributed by atoms with Crippen LogP contribution >= 0.6 is 38.9 Å². The van der Waals surface area contributed by atoms with Crippen LogP contribution in [0.15, 0.2) is 52.4 Å². The smallest absolute Gasteiger partial charge is 0.307 e. The van der Waals surface area contributed by atoms with Gasteiger partial charge in [0, 0.05) is 43.2 Å². The van der Waals surface area contributed by atoms with Gasteiger partial charge in [-0.3, -0.25) is 4.79 Å². The Morgan fingerprint density at radius 2 is 2.08 bits per heavy atom. The molecule has 0 fully saturated rings. The Bertz CT molecular complexity index is 1120. The average molecular weight is 435 g/mol. The first-order chi connectivity index (χ1) is 12.0. The van der Waals surface area contributed by atoms with E-state index in [0.29, 0.717) is 6.54 Å². The number of aliphatic carboxylic acids is 1. The lowest BCUT2D eigenvalue weighted by atomic mass is 10.1. The number of benzene rings is 2. The average Bonchev–Trinajstić information content (AvgIpc) is 3.11. The Morgan fingerprint density at radius 1 is 1.24 bits per heavy atom. The van der Waals surface area contributed by atoms with Gasteiger partial charge in [-0.1, -0.05) is 39.7 Å². The Balaban J connectivity index is 1.85. The second kappa shape index (κ2) is 6.48. The van der Waals surface area contributed by atoms with Gasteiger partial charge in [0.2, 0.25) is 0 Å². The predicted octanol–water partition coefficient (Wildman–Crippen LogP) is 5.95. The van der Waals surface area contributed by atoms with Gasteiger partial charge in [0.05, 0.1) is 6.42 Å². The number of halogens is 2. The van der Waals surface area contributed by atoms with E-state index in [0.717, 1.165) is 41.6 Å². The van der Waals surface area contributed by atoms with Gasteiger partial charge in [-0.15, -0.1) is 11.3 Å². The Morgan fingerprint density at radius 3 is 2.88 bits per heavy atom. The molecule has 2 heterocycles. The van der Waals surface area contributed by atoms with Crippen LogP contribution in [0.5, 0.6) is 0 Å². The van der Waals surface area contributed by atoms with Gasteiger partial charge in [0.15, 0.2) is 0 Å². The number of aromatic nitrogens is 1. The molecule has 2 aromatic carbocycles. The molecule has 0 spiro atoms. The standard InChI is InChI=1S/C19H13BrClNO2S/c20-13-4-5-14-11(6-18(23)24)8-22(16(14)7-13)9-12-10-25-17-3-1-2-15(21)19(12)17/h1-5,7-8,10H,6,9H2,(H,23,24). The molecule has 0 atom stereocenters. The van der Waals surface area contributed by atoms with E-state index in [9.17, 15) is 9.90 Å². The van der Waals surface area contributed by atoms with E-state index in [-0.39, 0.29) is 6.42 Å². The fraction of sp³-hybridized carbons (Fsp3) is 0.105. The molecule has 0 aliphatic carbocycles. The number of carboxylic acids is 1. The summed E-state index contributed by atoms with van der Waals surface area (Å²) in [6.45, 7) is 0.649. The van der Waals surface area contributed by atoms with Gasteiger partial charge in [-0.25, -0.2) is 0 Å². The van der Waals surface area contributed by atoms with E-state index in [2.05, 4.69) is 31.9 Å². The molecule has 0 saturated heterocycles. The minimum absolute atomic E-state index is 0.0102. The third kappa shape index (κ3) is 3.08. The van der Waals surface area contributed by atoms with Crippen LogP contribution in [0.3, 0.4) is 0 Å². The van der Waals surface area contributed by atoms with Crippen LogP contribution < -0.4 is 0 Å². The highest BCUT2D eigenvalue weighted by Gasteiger charge is 2.14. The number of carboxylic acid groups (broad SMARTS) is 1. The largest absolute Gasteiger partial charge is 0.481 e. The first-order valence-electron chi connectivity index (χ1n) is 7.66. The molecule has 6 heteroatoms. The topological polar surface area (TPSA) is 42.2 Å². The van der Waals surface area contributed by atoms with E-state index in [1.54, 1.807) is 11.3 Å². The first kappa shape index (κ1) is 16.6. The molecule has 1 N–H and O–H groups in total. The van der Waals surface area contributed by atoms with Crippen LogP contribution in [-0.2, 0) is 17.8 Å². The molecule has 25 heavy (non-hydrogen) atoms. The summed E-state index contributed by atoms with van der Waals surface area (Å²) in [6, 6.07) is 11.9. The zero-order valence-corrected chi connectivity index (χ0v) is 16.2. The minimum Gasteiger partial charge on any atom is -0.481 e. The van der Waals surface area contributed by atoms with Crippen molar-refractivity contribution < 1.29 is 9.90 Å². The van der Waals surface area contributed by atoms with Gasteiger partial charge < -0.3 is 9.67 Å². The lowest BCUT2D eigenvalue weighted by Gasteiger charge is -2.06. The maximum Gasteiger partial charge on any atom is 0.307 e. The molecular weight excluding hydrogens is 422 g/mol. The number of hydrogen-bond donors (Lipinski definition) is 1. The molecule has 0 saturated carbocycles. The SMILES string of the molecule is O=C(O)Cc1cn(Cc2csc3cccc(Cl)c23)c2cc(Br)ccc12. The monoisotopic (exact) mass is 433 g/mol. The molecule has 4 rings (SSSR count). The molecular formula is C19H13BrClNO2S. The molecule has 2 aromatic heterocycles. The summed E-state index contributed by atoms with van der Waals surface area (Å²) >= 11 is 11.6.